The van der Waals surface area contributed by atoms with Gasteiger partial charge in [0.05, 0.1) is 13.2 Å². The van der Waals surface area contributed by atoms with Gasteiger partial charge < -0.3 is 5.11 Å². The summed E-state index contributed by atoms with van der Waals surface area (Å²) in [5.74, 6) is 0.0211. The van der Waals surface area contributed by atoms with Gasteiger partial charge in [0.25, 0.3) is 0 Å². The van der Waals surface area contributed by atoms with E-state index >= 15 is 0 Å². The third-order valence-electron chi connectivity index (χ3n) is 2.06. The third-order valence-corrected chi connectivity index (χ3v) is 2.06. The van der Waals surface area contributed by atoms with Crippen LogP contribution in [-0.4, -0.2) is 35.8 Å². The van der Waals surface area contributed by atoms with Crippen LogP contribution in [0.2, 0.25) is 0 Å². The Kier molecular flexibility index (Phi) is 3.27. The summed E-state index contributed by atoms with van der Waals surface area (Å²) in [6.45, 7) is 4.92. The Labute approximate surface area is 78.4 Å². The van der Waals surface area contributed by atoms with Gasteiger partial charge in [0.2, 0.25) is 5.91 Å². The van der Waals surface area contributed by atoms with E-state index in [1.54, 1.807) is 0 Å². The molecule has 1 fully saturated rings. The van der Waals surface area contributed by atoms with Crippen molar-refractivity contribution in [2.24, 2.45) is 5.41 Å². The molecule has 0 unspecified atom stereocenters. The van der Waals surface area contributed by atoms with E-state index in [1.165, 1.54) is 5.06 Å². The van der Waals surface area contributed by atoms with E-state index in [9.17, 15) is 4.79 Å². The summed E-state index contributed by atoms with van der Waals surface area (Å²) in [5, 5.41) is 10.4. The van der Waals surface area contributed by atoms with Crippen molar-refractivity contribution < 1.29 is 14.7 Å². The van der Waals surface area contributed by atoms with E-state index in [2.05, 4.69) is 0 Å². The van der Waals surface area contributed by atoms with Crippen molar-refractivity contribution in [1.82, 2.24) is 5.06 Å². The van der Waals surface area contributed by atoms with Crippen LogP contribution in [0, 0.1) is 5.41 Å². The fourth-order valence-corrected chi connectivity index (χ4v) is 1.17. The highest BCUT2D eigenvalue weighted by Gasteiger charge is 2.27. The molecule has 13 heavy (non-hydrogen) atoms. The lowest BCUT2D eigenvalue weighted by Crippen LogP contribution is -2.42. The first-order chi connectivity index (χ1) is 6.05. The zero-order valence-electron chi connectivity index (χ0n) is 8.25. The Morgan fingerprint density at radius 1 is 1.62 bits per heavy atom. The van der Waals surface area contributed by atoms with Gasteiger partial charge in [0.1, 0.15) is 0 Å². The highest BCUT2D eigenvalue weighted by atomic mass is 16.7. The van der Waals surface area contributed by atoms with Gasteiger partial charge in [-0.3, -0.25) is 9.63 Å². The molecule has 1 N–H and O–H groups in total. The van der Waals surface area contributed by atoms with Crippen molar-refractivity contribution in [3.63, 3.8) is 0 Å². The maximum Gasteiger partial charge on any atom is 0.246 e. The molecule has 0 aromatic rings. The number of nitrogens with zero attached hydrogens (tertiary/aromatic N) is 1. The molecule has 1 amide bonds. The van der Waals surface area contributed by atoms with Gasteiger partial charge in [-0.25, -0.2) is 5.06 Å². The molecule has 0 spiro atoms. The van der Waals surface area contributed by atoms with Crippen LogP contribution in [0.15, 0.2) is 0 Å². The first-order valence-corrected chi connectivity index (χ1v) is 4.59. The van der Waals surface area contributed by atoms with Crippen molar-refractivity contribution in [2.75, 3.05) is 19.8 Å². The molecule has 1 saturated heterocycles. The van der Waals surface area contributed by atoms with Crippen molar-refractivity contribution >= 4 is 5.91 Å². The molecular weight excluding hydrogens is 170 g/mol. The fraction of sp³-hybridized carbons (Fsp3) is 0.889. The largest absolute Gasteiger partial charge is 0.396 e. The minimum Gasteiger partial charge on any atom is -0.396 e. The second kappa shape index (κ2) is 4.07. The summed E-state index contributed by atoms with van der Waals surface area (Å²) >= 11 is 0. The highest BCUT2D eigenvalue weighted by Crippen LogP contribution is 2.18. The van der Waals surface area contributed by atoms with Crippen LogP contribution in [-0.2, 0) is 9.63 Å². The minimum atomic E-state index is -0.285. The number of hydroxylamine groups is 2. The molecule has 76 valence electrons. The second-order valence-electron chi connectivity index (χ2n) is 4.19. The van der Waals surface area contributed by atoms with Crippen LogP contribution >= 0.6 is 0 Å². The molecule has 1 rings (SSSR count). The predicted molar refractivity (Wildman–Crippen MR) is 47.8 cm³/mol. The summed E-state index contributed by atoms with van der Waals surface area (Å²) in [5.41, 5.74) is -0.285. The Hall–Kier alpha value is -0.610. The van der Waals surface area contributed by atoms with Crippen LogP contribution in [0.1, 0.15) is 26.7 Å². The Morgan fingerprint density at radius 3 is 2.85 bits per heavy atom. The van der Waals surface area contributed by atoms with E-state index in [-0.39, 0.29) is 17.9 Å². The second-order valence-corrected chi connectivity index (χ2v) is 4.19. The molecule has 0 saturated carbocycles. The molecule has 0 aliphatic carbocycles. The van der Waals surface area contributed by atoms with Crippen LogP contribution in [0.25, 0.3) is 0 Å². The van der Waals surface area contributed by atoms with Gasteiger partial charge in [-0.2, -0.15) is 0 Å². The highest BCUT2D eigenvalue weighted by molar-refractivity contribution is 5.75. The molecule has 0 aromatic carbocycles. The molecule has 1 aliphatic rings. The smallest absolute Gasteiger partial charge is 0.246 e. The van der Waals surface area contributed by atoms with E-state index in [4.69, 9.17) is 9.94 Å². The van der Waals surface area contributed by atoms with Gasteiger partial charge in [0.15, 0.2) is 0 Å². The van der Waals surface area contributed by atoms with Gasteiger partial charge in [-0.15, -0.1) is 0 Å². The fourth-order valence-electron chi connectivity index (χ4n) is 1.17. The van der Waals surface area contributed by atoms with Crippen LogP contribution in [0.5, 0.6) is 0 Å². The van der Waals surface area contributed by atoms with E-state index in [0.717, 1.165) is 6.42 Å². The normalized spacial score (nSPS) is 19.3. The van der Waals surface area contributed by atoms with E-state index in [0.29, 0.717) is 19.6 Å². The number of carbonyl (C=O) groups is 1. The summed E-state index contributed by atoms with van der Waals surface area (Å²) < 4.78 is 0. The number of hydrogen-bond donors (Lipinski definition) is 1. The summed E-state index contributed by atoms with van der Waals surface area (Å²) in [4.78, 5) is 16.5. The molecule has 4 heteroatoms. The molecule has 0 bridgehead atoms. The van der Waals surface area contributed by atoms with Crippen LogP contribution in [0.3, 0.4) is 0 Å². The van der Waals surface area contributed by atoms with Gasteiger partial charge >= 0.3 is 0 Å². The van der Waals surface area contributed by atoms with Gasteiger partial charge in [-0.05, 0) is 6.42 Å². The van der Waals surface area contributed by atoms with Gasteiger partial charge in [-0.1, -0.05) is 13.8 Å². The Balaban J connectivity index is 2.47. The Bertz CT molecular complexity index is 191. The topological polar surface area (TPSA) is 49.8 Å². The van der Waals surface area contributed by atoms with E-state index in [1.807, 2.05) is 13.8 Å². The zero-order chi connectivity index (χ0) is 9.90. The number of rotatable bonds is 3. The van der Waals surface area contributed by atoms with Crippen molar-refractivity contribution in [3.05, 3.63) is 0 Å². The number of amides is 1. The third kappa shape index (κ3) is 2.97. The van der Waals surface area contributed by atoms with Crippen LogP contribution < -0.4 is 0 Å². The van der Waals surface area contributed by atoms with Crippen molar-refractivity contribution in [1.29, 1.82) is 0 Å². The summed E-state index contributed by atoms with van der Waals surface area (Å²) in [7, 11) is 0. The lowest BCUT2D eigenvalue weighted by molar-refractivity contribution is -0.206. The van der Waals surface area contributed by atoms with Crippen LogP contribution in [0.4, 0.5) is 0 Å². The first kappa shape index (κ1) is 10.5. The number of aliphatic hydroxyl groups excluding tert-OH is 1. The van der Waals surface area contributed by atoms with E-state index < -0.39 is 0 Å². The summed E-state index contributed by atoms with van der Waals surface area (Å²) in [6.07, 6.45) is 1.36. The maximum absolute atomic E-state index is 11.3. The lowest BCUT2D eigenvalue weighted by Gasteiger charge is -2.32. The monoisotopic (exact) mass is 187 g/mol. The molecule has 4 nitrogen and oxygen atoms in total. The first-order valence-electron chi connectivity index (χ1n) is 4.59. The zero-order valence-corrected chi connectivity index (χ0v) is 8.25. The maximum atomic E-state index is 11.3. The minimum absolute atomic E-state index is 0.0211. The molecular formula is C9H17NO3. The van der Waals surface area contributed by atoms with Crippen molar-refractivity contribution in [2.45, 2.75) is 26.7 Å². The molecule has 0 aromatic heterocycles. The molecule has 1 heterocycles. The van der Waals surface area contributed by atoms with Crippen molar-refractivity contribution in [3.8, 4) is 0 Å². The standard InChI is InChI=1S/C9H17NO3/c1-9(2,7-11)6-10-8(12)4-3-5-13-10/h11H,3-7H2,1-2H3. The predicted octanol–water partition coefficient (Wildman–Crippen LogP) is 0.559. The Morgan fingerprint density at radius 2 is 2.31 bits per heavy atom. The average Bonchev–Trinajstić information content (AvgIpc) is 2.09. The quantitative estimate of drug-likeness (QED) is 0.702. The molecule has 1 aliphatic heterocycles. The molecule has 0 atom stereocenters. The SMILES string of the molecule is CC(C)(CO)CN1OCCCC1=O. The molecule has 0 radical (unpaired) electrons. The number of aliphatic hydroxyl groups is 1. The lowest BCUT2D eigenvalue weighted by atomic mass is 9.94. The number of carbonyl (C=O) groups excluding carboxylic acids is 1. The summed E-state index contributed by atoms with van der Waals surface area (Å²) in [6, 6.07) is 0. The number of hydrogen-bond acceptors (Lipinski definition) is 3. The van der Waals surface area contributed by atoms with Gasteiger partial charge in [0, 0.05) is 18.4 Å². The average molecular weight is 187 g/mol.